The molecule has 0 bridgehead atoms. The van der Waals surface area contributed by atoms with Gasteiger partial charge in [-0.2, -0.15) is 0 Å². The van der Waals surface area contributed by atoms with Gasteiger partial charge in [0.05, 0.1) is 24.2 Å². The lowest BCUT2D eigenvalue weighted by Gasteiger charge is -2.22. The molecule has 0 spiro atoms. The lowest BCUT2D eigenvalue weighted by atomic mass is 10.2. The average Bonchev–Trinajstić information content (AvgIpc) is 3.43. The van der Waals surface area contributed by atoms with Crippen LogP contribution in [-0.4, -0.2) is 44.1 Å². The minimum absolute atomic E-state index is 0.0184. The van der Waals surface area contributed by atoms with Gasteiger partial charge in [0.25, 0.3) is 5.91 Å². The third-order valence-corrected chi connectivity index (χ3v) is 6.17. The second-order valence-corrected chi connectivity index (χ2v) is 8.04. The molecule has 1 saturated heterocycles. The number of aromatic nitrogens is 3. The van der Waals surface area contributed by atoms with Crippen LogP contribution in [0.4, 0.5) is 0 Å². The van der Waals surface area contributed by atoms with Crippen LogP contribution >= 0.6 is 11.3 Å². The van der Waals surface area contributed by atoms with Gasteiger partial charge >= 0.3 is 0 Å². The van der Waals surface area contributed by atoms with E-state index < -0.39 is 0 Å². The molecule has 7 nitrogen and oxygen atoms in total. The molecule has 4 heterocycles. The van der Waals surface area contributed by atoms with Crippen molar-refractivity contribution < 1.29 is 9.21 Å². The maximum Gasteiger partial charge on any atom is 0.264 e. The van der Waals surface area contributed by atoms with Crippen LogP contribution in [0.3, 0.4) is 0 Å². The van der Waals surface area contributed by atoms with Crippen molar-refractivity contribution in [3.05, 3.63) is 58.2 Å². The van der Waals surface area contributed by atoms with E-state index in [2.05, 4.69) is 21.2 Å². The van der Waals surface area contributed by atoms with Crippen molar-refractivity contribution in [1.82, 2.24) is 24.6 Å². The zero-order chi connectivity index (χ0) is 18.8. The fourth-order valence-corrected chi connectivity index (χ4v) is 4.68. The van der Waals surface area contributed by atoms with Gasteiger partial charge in [0, 0.05) is 25.0 Å². The van der Waals surface area contributed by atoms with Crippen LogP contribution < -0.4 is 0 Å². The van der Waals surface area contributed by atoms with Crippen molar-refractivity contribution in [2.75, 3.05) is 13.6 Å². The molecule has 0 radical (unpaired) electrons. The lowest BCUT2D eigenvalue weighted by molar-refractivity contribution is 0.0785. The summed E-state index contributed by atoms with van der Waals surface area (Å²) in [5.74, 6) is 1.77. The van der Waals surface area contributed by atoms with E-state index in [0.29, 0.717) is 12.6 Å². The fraction of sp³-hybridized carbons (Fsp3) is 0.421. The van der Waals surface area contributed by atoms with Gasteiger partial charge in [0.15, 0.2) is 5.82 Å². The first-order chi connectivity index (χ1) is 13.1. The summed E-state index contributed by atoms with van der Waals surface area (Å²) in [6.07, 6.45) is 5.64. The zero-order valence-electron chi connectivity index (χ0n) is 15.5. The Bertz CT molecular complexity index is 901. The number of aryl methyl sites for hydroxylation is 1. The molecule has 27 heavy (non-hydrogen) atoms. The van der Waals surface area contributed by atoms with Gasteiger partial charge in [0.1, 0.15) is 12.1 Å². The van der Waals surface area contributed by atoms with E-state index in [-0.39, 0.29) is 5.91 Å². The summed E-state index contributed by atoms with van der Waals surface area (Å²) >= 11 is 1.59. The number of carbonyl (C=O) groups excluding carboxylic acids is 1. The first-order valence-electron chi connectivity index (χ1n) is 9.06. The zero-order valence-corrected chi connectivity index (χ0v) is 16.4. The van der Waals surface area contributed by atoms with Gasteiger partial charge in [-0.05, 0) is 43.7 Å². The Kier molecular flexibility index (Phi) is 5.09. The largest absolute Gasteiger partial charge is 0.468 e. The molecule has 3 aromatic rings. The maximum absolute atomic E-state index is 12.8. The molecule has 1 aliphatic heterocycles. The normalized spacial score (nSPS) is 17.5. The highest BCUT2D eigenvalue weighted by Crippen LogP contribution is 2.37. The molecule has 0 saturated carbocycles. The summed E-state index contributed by atoms with van der Waals surface area (Å²) in [7, 11) is 3.68. The van der Waals surface area contributed by atoms with Crippen LogP contribution in [0.2, 0.25) is 0 Å². The Hall–Kier alpha value is -2.45. The number of nitrogens with zero attached hydrogens (tertiary/aromatic N) is 5. The van der Waals surface area contributed by atoms with Gasteiger partial charge in [-0.1, -0.05) is 0 Å². The SMILES string of the molecule is CN(Cc1nncn1C)C(=O)c1ccc([C@H]2CCCN2Cc2ccco2)s1. The van der Waals surface area contributed by atoms with Crippen molar-refractivity contribution in [3.8, 4) is 0 Å². The van der Waals surface area contributed by atoms with Crippen LogP contribution in [-0.2, 0) is 20.1 Å². The number of hydrogen-bond donors (Lipinski definition) is 0. The molecule has 1 amide bonds. The fourth-order valence-electron chi connectivity index (χ4n) is 3.51. The first kappa shape index (κ1) is 17.9. The van der Waals surface area contributed by atoms with Gasteiger partial charge < -0.3 is 13.9 Å². The Labute approximate surface area is 162 Å². The Balaban J connectivity index is 1.44. The van der Waals surface area contributed by atoms with Crippen molar-refractivity contribution >= 4 is 17.2 Å². The molecule has 4 rings (SSSR count). The van der Waals surface area contributed by atoms with E-state index in [9.17, 15) is 4.79 Å². The van der Waals surface area contributed by atoms with Gasteiger partial charge in [-0.15, -0.1) is 21.5 Å². The van der Waals surface area contributed by atoms with Crippen LogP contribution in [0.25, 0.3) is 0 Å². The average molecular weight is 385 g/mol. The van der Waals surface area contributed by atoms with Crippen LogP contribution in [0, 0.1) is 0 Å². The lowest BCUT2D eigenvalue weighted by Crippen LogP contribution is -2.26. The molecule has 8 heteroatoms. The number of thiophene rings is 1. The van der Waals surface area contributed by atoms with Crippen LogP contribution in [0.1, 0.15) is 45.0 Å². The predicted molar refractivity (Wildman–Crippen MR) is 102 cm³/mol. The minimum Gasteiger partial charge on any atom is -0.468 e. The van der Waals surface area contributed by atoms with Crippen molar-refractivity contribution in [2.45, 2.75) is 32.0 Å². The molecule has 0 N–H and O–H groups in total. The van der Waals surface area contributed by atoms with E-state index in [1.165, 1.54) is 11.3 Å². The summed E-state index contributed by atoms with van der Waals surface area (Å²) in [6, 6.07) is 8.33. The van der Waals surface area contributed by atoms with Crippen molar-refractivity contribution in [1.29, 1.82) is 0 Å². The standard InChI is InChI=1S/C19H23N5O2S/c1-22(12-18-21-20-13-23(18)2)19(25)17-8-7-16(27-17)15-6-3-9-24(15)11-14-5-4-10-26-14/h4-5,7-8,10,13,15H,3,6,9,11-12H2,1-2H3/t15-/m1/s1. The second kappa shape index (κ2) is 7.66. The molecule has 1 fully saturated rings. The molecular weight excluding hydrogens is 362 g/mol. The first-order valence-corrected chi connectivity index (χ1v) is 9.88. The Morgan fingerprint density at radius 2 is 2.30 bits per heavy atom. The van der Waals surface area contributed by atoms with Crippen LogP contribution in [0.5, 0.6) is 0 Å². The van der Waals surface area contributed by atoms with Gasteiger partial charge in [-0.3, -0.25) is 9.69 Å². The number of hydrogen-bond acceptors (Lipinski definition) is 6. The summed E-state index contributed by atoms with van der Waals surface area (Å²) in [5.41, 5.74) is 0. The Morgan fingerprint density at radius 1 is 1.41 bits per heavy atom. The molecule has 1 atom stereocenters. The molecule has 0 aliphatic carbocycles. The summed E-state index contributed by atoms with van der Waals surface area (Å²) in [4.78, 5) is 18.9. The topological polar surface area (TPSA) is 67.4 Å². The van der Waals surface area contributed by atoms with E-state index in [1.54, 1.807) is 35.9 Å². The second-order valence-electron chi connectivity index (χ2n) is 6.93. The monoisotopic (exact) mass is 385 g/mol. The minimum atomic E-state index is 0.0184. The Morgan fingerprint density at radius 3 is 3.04 bits per heavy atom. The summed E-state index contributed by atoms with van der Waals surface area (Å²) in [5, 5.41) is 7.92. The number of rotatable bonds is 6. The van der Waals surface area contributed by atoms with Gasteiger partial charge in [0.2, 0.25) is 0 Å². The molecule has 1 aliphatic rings. The third kappa shape index (κ3) is 3.81. The predicted octanol–water partition coefficient (Wildman–Crippen LogP) is 3.08. The molecule has 0 unspecified atom stereocenters. The van der Waals surface area contributed by atoms with E-state index in [1.807, 2.05) is 29.8 Å². The quantitative estimate of drug-likeness (QED) is 0.652. The van der Waals surface area contributed by atoms with Crippen molar-refractivity contribution in [2.24, 2.45) is 7.05 Å². The highest BCUT2D eigenvalue weighted by molar-refractivity contribution is 7.14. The highest BCUT2D eigenvalue weighted by atomic mass is 32.1. The number of likely N-dealkylation sites (tertiary alicyclic amines) is 1. The molecule has 142 valence electrons. The third-order valence-electron chi connectivity index (χ3n) is 5.00. The van der Waals surface area contributed by atoms with Crippen molar-refractivity contribution in [3.63, 3.8) is 0 Å². The highest BCUT2D eigenvalue weighted by Gasteiger charge is 2.28. The molecule has 3 aromatic heterocycles. The van der Waals surface area contributed by atoms with E-state index >= 15 is 0 Å². The smallest absolute Gasteiger partial charge is 0.264 e. The molecule has 0 aromatic carbocycles. The summed E-state index contributed by atoms with van der Waals surface area (Å²) in [6.45, 7) is 2.31. The summed E-state index contributed by atoms with van der Waals surface area (Å²) < 4.78 is 7.33. The number of amides is 1. The molecular formula is C19H23N5O2S. The number of furan rings is 1. The van der Waals surface area contributed by atoms with E-state index in [0.717, 1.165) is 36.0 Å². The van der Waals surface area contributed by atoms with Gasteiger partial charge in [-0.25, -0.2) is 0 Å². The van der Waals surface area contributed by atoms with E-state index in [4.69, 9.17) is 4.42 Å². The number of carbonyl (C=O) groups is 1. The van der Waals surface area contributed by atoms with Crippen LogP contribution in [0.15, 0.2) is 41.3 Å². The maximum atomic E-state index is 12.8.